The van der Waals surface area contributed by atoms with Crippen LogP contribution >= 0.6 is 15.9 Å². The molecule has 0 N–H and O–H groups in total. The normalized spacial score (nSPS) is 27.2. The molecule has 12 heavy (non-hydrogen) atoms. The van der Waals surface area contributed by atoms with Crippen LogP contribution in [0.15, 0.2) is 18.2 Å². The first-order valence-electron chi connectivity index (χ1n) is 4.11. The van der Waals surface area contributed by atoms with Gasteiger partial charge in [-0.25, -0.2) is 4.39 Å². The van der Waals surface area contributed by atoms with Crippen molar-refractivity contribution < 1.29 is 4.39 Å². The SMILES string of the molecule is CC1Cc2ccc(F)cc2C1Br. The number of fused-ring (bicyclic) bond motifs is 1. The molecule has 0 radical (unpaired) electrons. The monoisotopic (exact) mass is 228 g/mol. The second-order valence-corrected chi connectivity index (χ2v) is 4.41. The van der Waals surface area contributed by atoms with E-state index in [0.717, 1.165) is 12.0 Å². The molecule has 2 heteroatoms. The molecule has 0 fully saturated rings. The van der Waals surface area contributed by atoms with Gasteiger partial charge in [-0.2, -0.15) is 0 Å². The predicted molar refractivity (Wildman–Crippen MR) is 50.9 cm³/mol. The molecule has 1 aliphatic carbocycles. The molecule has 0 heterocycles. The number of hydrogen-bond donors (Lipinski definition) is 0. The van der Waals surface area contributed by atoms with Crippen LogP contribution in [0, 0.1) is 11.7 Å². The third-order valence-corrected chi connectivity index (χ3v) is 3.84. The summed E-state index contributed by atoms with van der Waals surface area (Å²) < 4.78 is 12.8. The maximum atomic E-state index is 12.8. The summed E-state index contributed by atoms with van der Waals surface area (Å²) in [6, 6.07) is 5.07. The zero-order valence-corrected chi connectivity index (χ0v) is 8.44. The average Bonchev–Trinajstić information content (AvgIpc) is 2.31. The molecule has 0 saturated carbocycles. The molecule has 2 atom stereocenters. The van der Waals surface area contributed by atoms with Crippen LogP contribution in [-0.2, 0) is 6.42 Å². The molecule has 0 amide bonds. The first-order valence-corrected chi connectivity index (χ1v) is 5.02. The van der Waals surface area contributed by atoms with E-state index in [1.807, 2.05) is 6.07 Å². The van der Waals surface area contributed by atoms with Crippen LogP contribution in [-0.4, -0.2) is 0 Å². The Hall–Kier alpha value is -0.370. The summed E-state index contributed by atoms with van der Waals surface area (Å²) in [5, 5.41) is 0. The Kier molecular flexibility index (Phi) is 1.95. The number of halogens is 2. The van der Waals surface area contributed by atoms with E-state index < -0.39 is 0 Å². The Labute approximate surface area is 79.9 Å². The van der Waals surface area contributed by atoms with E-state index in [4.69, 9.17) is 0 Å². The number of hydrogen-bond acceptors (Lipinski definition) is 0. The summed E-state index contributed by atoms with van der Waals surface area (Å²) in [5.41, 5.74) is 2.41. The second kappa shape index (κ2) is 2.84. The van der Waals surface area contributed by atoms with E-state index in [1.54, 1.807) is 6.07 Å². The fraction of sp³-hybridized carbons (Fsp3) is 0.400. The second-order valence-electron chi connectivity index (χ2n) is 3.43. The van der Waals surface area contributed by atoms with Crippen molar-refractivity contribution in [2.45, 2.75) is 18.2 Å². The average molecular weight is 229 g/mol. The zero-order valence-electron chi connectivity index (χ0n) is 6.85. The minimum Gasteiger partial charge on any atom is -0.207 e. The first kappa shape index (κ1) is 8.24. The fourth-order valence-electron chi connectivity index (χ4n) is 1.77. The van der Waals surface area contributed by atoms with Gasteiger partial charge in [-0.1, -0.05) is 28.9 Å². The molecule has 1 aromatic carbocycles. The molecule has 0 nitrogen and oxygen atoms in total. The molecule has 64 valence electrons. The summed E-state index contributed by atoms with van der Waals surface area (Å²) in [7, 11) is 0. The van der Waals surface area contributed by atoms with E-state index in [9.17, 15) is 4.39 Å². The molecule has 0 aliphatic heterocycles. The topological polar surface area (TPSA) is 0 Å². The van der Waals surface area contributed by atoms with Crippen molar-refractivity contribution >= 4 is 15.9 Å². The lowest BCUT2D eigenvalue weighted by Gasteiger charge is -2.06. The molecule has 1 aliphatic rings. The molecule has 0 aromatic heterocycles. The van der Waals surface area contributed by atoms with Crippen LogP contribution < -0.4 is 0 Å². The van der Waals surface area contributed by atoms with Crippen LogP contribution in [0.5, 0.6) is 0 Å². The quantitative estimate of drug-likeness (QED) is 0.597. The Morgan fingerprint density at radius 3 is 3.00 bits per heavy atom. The van der Waals surface area contributed by atoms with Crippen LogP contribution in [0.1, 0.15) is 22.9 Å². The number of benzene rings is 1. The van der Waals surface area contributed by atoms with Crippen LogP contribution in [0.2, 0.25) is 0 Å². The summed E-state index contributed by atoms with van der Waals surface area (Å²) >= 11 is 3.57. The van der Waals surface area contributed by atoms with Gasteiger partial charge in [0.15, 0.2) is 0 Å². The van der Waals surface area contributed by atoms with Crippen molar-refractivity contribution in [3.05, 3.63) is 35.1 Å². The third kappa shape index (κ3) is 1.18. The Bertz CT molecular complexity index is 309. The summed E-state index contributed by atoms with van der Waals surface area (Å²) in [6.07, 6.45) is 1.06. The Balaban J connectivity index is 2.48. The highest BCUT2D eigenvalue weighted by molar-refractivity contribution is 9.09. The number of alkyl halides is 1. The van der Waals surface area contributed by atoms with E-state index in [2.05, 4.69) is 22.9 Å². The largest absolute Gasteiger partial charge is 0.207 e. The van der Waals surface area contributed by atoms with Crippen LogP contribution in [0.3, 0.4) is 0 Å². The van der Waals surface area contributed by atoms with Gasteiger partial charge < -0.3 is 0 Å². The standard InChI is InChI=1S/C10H10BrF/c1-6-4-7-2-3-8(12)5-9(7)10(6)11/h2-3,5-6,10H,4H2,1H3. The maximum absolute atomic E-state index is 12.8. The van der Waals surface area contributed by atoms with Crippen LogP contribution in [0.4, 0.5) is 4.39 Å². The highest BCUT2D eigenvalue weighted by atomic mass is 79.9. The smallest absolute Gasteiger partial charge is 0.123 e. The molecular weight excluding hydrogens is 219 g/mol. The highest BCUT2D eigenvalue weighted by Gasteiger charge is 2.26. The van der Waals surface area contributed by atoms with Crippen molar-refractivity contribution in [3.8, 4) is 0 Å². The lowest BCUT2D eigenvalue weighted by Crippen LogP contribution is -1.94. The van der Waals surface area contributed by atoms with Gasteiger partial charge in [0.1, 0.15) is 5.82 Å². The first-order chi connectivity index (χ1) is 5.68. The van der Waals surface area contributed by atoms with Gasteiger partial charge in [0, 0.05) is 4.83 Å². The lowest BCUT2D eigenvalue weighted by molar-refractivity contribution is 0.615. The summed E-state index contributed by atoms with van der Waals surface area (Å²) in [5.74, 6) is 0.453. The number of rotatable bonds is 0. The summed E-state index contributed by atoms with van der Waals surface area (Å²) in [6.45, 7) is 2.18. The molecular formula is C10H10BrF. The maximum Gasteiger partial charge on any atom is 0.123 e. The molecule has 0 spiro atoms. The van der Waals surface area contributed by atoms with Gasteiger partial charge in [-0.15, -0.1) is 0 Å². The molecule has 2 unspecified atom stereocenters. The Morgan fingerprint density at radius 1 is 1.50 bits per heavy atom. The minimum absolute atomic E-state index is 0.132. The van der Waals surface area contributed by atoms with Gasteiger partial charge in [-0.05, 0) is 35.6 Å². The van der Waals surface area contributed by atoms with Crippen molar-refractivity contribution in [2.75, 3.05) is 0 Å². The molecule has 0 bridgehead atoms. The van der Waals surface area contributed by atoms with E-state index in [1.165, 1.54) is 11.6 Å². The molecule has 1 aromatic rings. The molecule has 0 saturated heterocycles. The van der Waals surface area contributed by atoms with Crippen molar-refractivity contribution in [3.63, 3.8) is 0 Å². The van der Waals surface area contributed by atoms with Gasteiger partial charge in [0.2, 0.25) is 0 Å². The fourth-order valence-corrected chi connectivity index (χ4v) is 2.38. The van der Waals surface area contributed by atoms with E-state index >= 15 is 0 Å². The minimum atomic E-state index is -0.132. The predicted octanol–water partition coefficient (Wildman–Crippen LogP) is 3.45. The van der Waals surface area contributed by atoms with Gasteiger partial charge >= 0.3 is 0 Å². The summed E-state index contributed by atoms with van der Waals surface area (Å²) in [4.78, 5) is 0.336. The third-order valence-electron chi connectivity index (χ3n) is 2.45. The van der Waals surface area contributed by atoms with Crippen molar-refractivity contribution in [1.29, 1.82) is 0 Å². The van der Waals surface area contributed by atoms with Crippen molar-refractivity contribution in [2.24, 2.45) is 5.92 Å². The van der Waals surface area contributed by atoms with Crippen molar-refractivity contribution in [1.82, 2.24) is 0 Å². The highest BCUT2D eigenvalue weighted by Crippen LogP contribution is 2.41. The zero-order chi connectivity index (χ0) is 8.72. The van der Waals surface area contributed by atoms with Gasteiger partial charge in [0.25, 0.3) is 0 Å². The molecule has 2 rings (SSSR count). The Morgan fingerprint density at radius 2 is 2.25 bits per heavy atom. The van der Waals surface area contributed by atoms with Gasteiger partial charge in [0.05, 0.1) is 0 Å². The van der Waals surface area contributed by atoms with Gasteiger partial charge in [-0.3, -0.25) is 0 Å². The van der Waals surface area contributed by atoms with E-state index in [-0.39, 0.29) is 5.82 Å². The lowest BCUT2D eigenvalue weighted by atomic mass is 10.1. The van der Waals surface area contributed by atoms with Crippen LogP contribution in [0.25, 0.3) is 0 Å². The van der Waals surface area contributed by atoms with E-state index in [0.29, 0.717) is 10.7 Å².